The highest BCUT2D eigenvalue weighted by molar-refractivity contribution is 6.33. The van der Waals surface area contributed by atoms with Crippen molar-refractivity contribution in [2.45, 2.75) is 19.5 Å². The van der Waals surface area contributed by atoms with E-state index >= 15 is 0 Å². The highest BCUT2D eigenvalue weighted by atomic mass is 35.5. The van der Waals surface area contributed by atoms with E-state index in [1.807, 2.05) is 30.3 Å². The van der Waals surface area contributed by atoms with Crippen molar-refractivity contribution in [3.8, 4) is 0 Å². The summed E-state index contributed by atoms with van der Waals surface area (Å²) in [7, 11) is 0. The van der Waals surface area contributed by atoms with Crippen LogP contribution in [0, 0.1) is 6.92 Å². The van der Waals surface area contributed by atoms with Gasteiger partial charge < -0.3 is 9.32 Å². The zero-order valence-electron chi connectivity index (χ0n) is 15.2. The average molecular weight is 401 g/mol. The van der Waals surface area contributed by atoms with Crippen LogP contribution in [-0.4, -0.2) is 24.5 Å². The molecule has 0 bridgehead atoms. The summed E-state index contributed by atoms with van der Waals surface area (Å²) < 4.78 is 5.54. The van der Waals surface area contributed by atoms with Gasteiger partial charge in [-0.25, -0.2) is 0 Å². The molecule has 2 heterocycles. The summed E-state index contributed by atoms with van der Waals surface area (Å²) in [6.07, 6.45) is 1.73. The zero-order valence-corrected chi connectivity index (χ0v) is 16.7. The first kappa shape index (κ1) is 18.4. The summed E-state index contributed by atoms with van der Waals surface area (Å²) in [5, 5.41) is 1.55. The molecule has 1 saturated heterocycles. The first-order valence-electron chi connectivity index (χ1n) is 9.13. The van der Waals surface area contributed by atoms with Gasteiger partial charge in [0, 0.05) is 24.7 Å². The molecule has 27 heavy (non-hydrogen) atoms. The highest BCUT2D eigenvalue weighted by Gasteiger charge is 2.30. The number of furan rings is 1. The Labute approximate surface area is 170 Å². The van der Waals surface area contributed by atoms with Gasteiger partial charge in [0.25, 0.3) is 0 Å². The lowest BCUT2D eigenvalue weighted by Crippen LogP contribution is -2.48. The van der Waals surface area contributed by atoms with E-state index in [0.717, 1.165) is 47.7 Å². The van der Waals surface area contributed by atoms with Gasteiger partial charge in [-0.2, -0.15) is 0 Å². The third-order valence-electron chi connectivity index (χ3n) is 5.09. The standard InChI is InChI=1S/C22H22Cl2N2O/c1-16-4-9-21(20(24)13-16)26-11-10-25(14-19-3-2-12-27-19)15-22(26)17-5-7-18(23)8-6-17/h2-9,12-13,22H,10-11,14-15H2,1H3. The molecule has 2 aromatic carbocycles. The van der Waals surface area contributed by atoms with Crippen LogP contribution in [0.1, 0.15) is 22.9 Å². The third kappa shape index (κ3) is 4.16. The minimum Gasteiger partial charge on any atom is -0.468 e. The SMILES string of the molecule is Cc1ccc(N2CCN(Cc3ccco3)CC2c2ccc(Cl)cc2)c(Cl)c1. The van der Waals surface area contributed by atoms with Gasteiger partial charge in [0.2, 0.25) is 0 Å². The zero-order chi connectivity index (χ0) is 18.8. The number of aryl methyl sites for hydroxylation is 1. The van der Waals surface area contributed by atoms with Gasteiger partial charge in [-0.15, -0.1) is 0 Å². The number of anilines is 1. The van der Waals surface area contributed by atoms with Crippen LogP contribution in [0.4, 0.5) is 5.69 Å². The maximum atomic E-state index is 6.60. The second-order valence-electron chi connectivity index (χ2n) is 7.03. The molecular weight excluding hydrogens is 379 g/mol. The number of hydrogen-bond donors (Lipinski definition) is 0. The van der Waals surface area contributed by atoms with Crippen LogP contribution in [-0.2, 0) is 6.54 Å². The van der Waals surface area contributed by atoms with Gasteiger partial charge in [0.1, 0.15) is 5.76 Å². The maximum absolute atomic E-state index is 6.60. The summed E-state index contributed by atoms with van der Waals surface area (Å²) in [5.41, 5.74) is 3.49. The Balaban J connectivity index is 1.64. The predicted molar refractivity (Wildman–Crippen MR) is 112 cm³/mol. The molecule has 1 aliphatic rings. The topological polar surface area (TPSA) is 19.6 Å². The van der Waals surface area contributed by atoms with Crippen molar-refractivity contribution in [1.82, 2.24) is 4.90 Å². The van der Waals surface area contributed by atoms with Gasteiger partial charge in [-0.05, 0) is 54.4 Å². The molecule has 1 unspecified atom stereocenters. The molecule has 1 aliphatic heterocycles. The van der Waals surface area contributed by atoms with Crippen LogP contribution in [0.5, 0.6) is 0 Å². The summed E-state index contributed by atoms with van der Waals surface area (Å²) in [6.45, 7) is 5.62. The largest absolute Gasteiger partial charge is 0.468 e. The second kappa shape index (κ2) is 7.97. The van der Waals surface area contributed by atoms with Crippen molar-refractivity contribution in [2.75, 3.05) is 24.5 Å². The third-order valence-corrected chi connectivity index (χ3v) is 5.65. The van der Waals surface area contributed by atoms with E-state index in [1.54, 1.807) is 6.26 Å². The van der Waals surface area contributed by atoms with Crippen molar-refractivity contribution < 1.29 is 4.42 Å². The molecular formula is C22H22Cl2N2O. The van der Waals surface area contributed by atoms with E-state index in [0.29, 0.717) is 0 Å². The molecule has 0 saturated carbocycles. The number of rotatable bonds is 4. The number of piperazine rings is 1. The monoisotopic (exact) mass is 400 g/mol. The van der Waals surface area contributed by atoms with E-state index in [4.69, 9.17) is 27.6 Å². The van der Waals surface area contributed by atoms with Gasteiger partial charge in [0.15, 0.2) is 0 Å². The number of halogens is 2. The lowest BCUT2D eigenvalue weighted by Gasteiger charge is -2.43. The fourth-order valence-corrected chi connectivity index (χ4v) is 4.18. The van der Waals surface area contributed by atoms with Crippen LogP contribution in [0.25, 0.3) is 0 Å². The van der Waals surface area contributed by atoms with E-state index in [9.17, 15) is 0 Å². The van der Waals surface area contributed by atoms with E-state index in [-0.39, 0.29) is 6.04 Å². The smallest absolute Gasteiger partial charge is 0.117 e. The molecule has 140 valence electrons. The second-order valence-corrected chi connectivity index (χ2v) is 7.87. The molecule has 0 amide bonds. The maximum Gasteiger partial charge on any atom is 0.117 e. The summed E-state index contributed by atoms with van der Waals surface area (Å²) in [6, 6.07) is 18.6. The van der Waals surface area contributed by atoms with Crippen LogP contribution in [0.3, 0.4) is 0 Å². The Morgan fingerprint density at radius 1 is 1.04 bits per heavy atom. The average Bonchev–Trinajstić information content (AvgIpc) is 3.16. The van der Waals surface area contributed by atoms with E-state index in [1.165, 1.54) is 11.1 Å². The fraction of sp³-hybridized carbons (Fsp3) is 0.273. The summed E-state index contributed by atoms with van der Waals surface area (Å²) in [5.74, 6) is 0.992. The molecule has 0 aliphatic carbocycles. The number of benzene rings is 2. The normalized spacial score (nSPS) is 18.0. The fourth-order valence-electron chi connectivity index (χ4n) is 3.71. The lowest BCUT2D eigenvalue weighted by atomic mass is 10.0. The molecule has 0 N–H and O–H groups in total. The first-order valence-corrected chi connectivity index (χ1v) is 9.89. The number of hydrogen-bond acceptors (Lipinski definition) is 3. The molecule has 1 aromatic heterocycles. The van der Waals surface area contributed by atoms with Crippen molar-refractivity contribution in [3.63, 3.8) is 0 Å². The van der Waals surface area contributed by atoms with Gasteiger partial charge in [-0.3, -0.25) is 4.90 Å². The Hall–Kier alpha value is -1.94. The van der Waals surface area contributed by atoms with Crippen molar-refractivity contribution in [1.29, 1.82) is 0 Å². The van der Waals surface area contributed by atoms with Crippen LogP contribution >= 0.6 is 23.2 Å². The van der Waals surface area contributed by atoms with E-state index in [2.05, 4.69) is 41.0 Å². The molecule has 5 heteroatoms. The Morgan fingerprint density at radius 3 is 2.56 bits per heavy atom. The summed E-state index contributed by atoms with van der Waals surface area (Å²) >= 11 is 12.7. The van der Waals surface area contributed by atoms with Crippen molar-refractivity contribution in [2.24, 2.45) is 0 Å². The number of nitrogens with zero attached hydrogens (tertiary/aromatic N) is 2. The van der Waals surface area contributed by atoms with Crippen molar-refractivity contribution >= 4 is 28.9 Å². The van der Waals surface area contributed by atoms with Crippen LogP contribution in [0.2, 0.25) is 10.0 Å². The predicted octanol–water partition coefficient (Wildman–Crippen LogP) is 5.96. The van der Waals surface area contributed by atoms with Gasteiger partial charge in [0.05, 0.1) is 29.6 Å². The first-order chi connectivity index (χ1) is 13.1. The van der Waals surface area contributed by atoms with Crippen LogP contribution < -0.4 is 4.90 Å². The molecule has 0 radical (unpaired) electrons. The minimum atomic E-state index is 0.200. The summed E-state index contributed by atoms with van der Waals surface area (Å²) in [4.78, 5) is 4.83. The van der Waals surface area contributed by atoms with Crippen molar-refractivity contribution in [3.05, 3.63) is 87.8 Å². The molecule has 4 rings (SSSR count). The Bertz CT molecular complexity index is 893. The van der Waals surface area contributed by atoms with Crippen LogP contribution in [0.15, 0.2) is 65.3 Å². The molecule has 1 fully saturated rings. The van der Waals surface area contributed by atoms with Gasteiger partial charge in [-0.1, -0.05) is 41.4 Å². The molecule has 0 spiro atoms. The minimum absolute atomic E-state index is 0.200. The lowest BCUT2D eigenvalue weighted by molar-refractivity contribution is 0.200. The van der Waals surface area contributed by atoms with Gasteiger partial charge >= 0.3 is 0 Å². The molecule has 1 atom stereocenters. The quantitative estimate of drug-likeness (QED) is 0.538. The van der Waals surface area contributed by atoms with E-state index < -0.39 is 0 Å². The Morgan fingerprint density at radius 2 is 1.85 bits per heavy atom. The molecule has 3 nitrogen and oxygen atoms in total. The molecule has 3 aromatic rings. The Kier molecular flexibility index (Phi) is 5.44. The highest BCUT2D eigenvalue weighted by Crippen LogP contribution is 2.36.